The number of nitrogens with zero attached hydrogens (tertiary/aromatic N) is 2. The molecule has 0 bridgehead atoms. The fourth-order valence-corrected chi connectivity index (χ4v) is 2.53. The normalized spacial score (nSPS) is 12.3. The van der Waals surface area contributed by atoms with E-state index < -0.39 is 6.36 Å². The van der Waals surface area contributed by atoms with Gasteiger partial charge < -0.3 is 25.6 Å². The highest BCUT2D eigenvalue weighted by atomic mass is 19.4. The van der Waals surface area contributed by atoms with E-state index in [0.717, 1.165) is 0 Å². The van der Waals surface area contributed by atoms with Crippen LogP contribution in [-0.4, -0.2) is 39.2 Å². The fraction of sp³-hybridized carbons (Fsp3) is 0.200. The summed E-state index contributed by atoms with van der Waals surface area (Å²) in [5.74, 6) is 0.271. The van der Waals surface area contributed by atoms with Crippen molar-refractivity contribution in [2.75, 3.05) is 17.2 Å². The van der Waals surface area contributed by atoms with Crippen molar-refractivity contribution in [2.24, 2.45) is 0 Å². The van der Waals surface area contributed by atoms with E-state index in [-0.39, 0.29) is 30.1 Å². The molecule has 3 aromatic rings. The predicted molar refractivity (Wildman–Crippen MR) is 106 cm³/mol. The number of halogens is 3. The molecule has 0 aliphatic carbocycles. The van der Waals surface area contributed by atoms with Crippen LogP contribution in [0.25, 0.3) is 11.3 Å². The molecule has 3 rings (SSSR count). The van der Waals surface area contributed by atoms with Crippen molar-refractivity contribution >= 4 is 17.5 Å². The largest absolute Gasteiger partial charge is 0.573 e. The molecule has 0 unspecified atom stereocenters. The Bertz CT molecular complexity index is 997. The van der Waals surface area contributed by atoms with Gasteiger partial charge in [-0.1, -0.05) is 12.1 Å². The van der Waals surface area contributed by atoms with Crippen LogP contribution in [0.1, 0.15) is 6.92 Å². The standard InChI is InChI=1S/C20H19F3N4O3/c1-12(11-28)24-19-26-17(13-3-2-4-16(9-13)30-20(21,22)23)10-18(27-19)25-14-5-7-15(29)8-6-14/h2-10,12,28-29H,11H2,1H3,(H2,24,25,26,27)/t12-/m1/s1. The van der Waals surface area contributed by atoms with Gasteiger partial charge in [-0.15, -0.1) is 13.2 Å². The molecule has 0 saturated heterocycles. The summed E-state index contributed by atoms with van der Waals surface area (Å²) in [7, 11) is 0. The number of nitrogens with one attached hydrogen (secondary N) is 2. The quantitative estimate of drug-likeness (QED) is 0.423. The fourth-order valence-electron chi connectivity index (χ4n) is 2.53. The topological polar surface area (TPSA) is 99.5 Å². The molecule has 4 N–H and O–H groups in total. The van der Waals surface area contributed by atoms with Crippen LogP contribution in [0.3, 0.4) is 0 Å². The minimum Gasteiger partial charge on any atom is -0.508 e. The van der Waals surface area contributed by atoms with Gasteiger partial charge in [-0.2, -0.15) is 4.98 Å². The molecular formula is C20H19F3N4O3. The molecule has 1 atom stereocenters. The summed E-state index contributed by atoms with van der Waals surface area (Å²) < 4.78 is 41.6. The number of rotatable bonds is 7. The Kier molecular flexibility index (Phi) is 6.26. The molecule has 158 valence electrons. The lowest BCUT2D eigenvalue weighted by Gasteiger charge is -2.15. The SMILES string of the molecule is C[C@H](CO)Nc1nc(Nc2ccc(O)cc2)cc(-c2cccc(OC(F)(F)F)c2)n1. The van der Waals surface area contributed by atoms with E-state index in [0.29, 0.717) is 22.8 Å². The van der Waals surface area contributed by atoms with E-state index in [1.165, 1.54) is 30.3 Å². The Hall–Kier alpha value is -3.53. The number of phenols is 1. The molecule has 30 heavy (non-hydrogen) atoms. The first-order valence-electron chi connectivity index (χ1n) is 8.90. The van der Waals surface area contributed by atoms with E-state index >= 15 is 0 Å². The van der Waals surface area contributed by atoms with Gasteiger partial charge >= 0.3 is 6.36 Å². The molecule has 0 spiro atoms. The zero-order valence-electron chi connectivity index (χ0n) is 15.8. The molecule has 2 aromatic carbocycles. The third-order valence-electron chi connectivity index (χ3n) is 3.88. The number of aromatic hydroxyl groups is 1. The highest BCUT2D eigenvalue weighted by Crippen LogP contribution is 2.29. The van der Waals surface area contributed by atoms with Crippen molar-refractivity contribution in [3.8, 4) is 22.8 Å². The summed E-state index contributed by atoms with van der Waals surface area (Å²) in [5, 5.41) is 24.7. The van der Waals surface area contributed by atoms with E-state index in [1.807, 2.05) is 0 Å². The van der Waals surface area contributed by atoms with E-state index in [9.17, 15) is 23.4 Å². The number of benzene rings is 2. The number of hydrogen-bond acceptors (Lipinski definition) is 7. The van der Waals surface area contributed by atoms with Gasteiger partial charge in [0.1, 0.15) is 17.3 Å². The lowest BCUT2D eigenvalue weighted by atomic mass is 10.1. The Morgan fingerprint density at radius 3 is 2.47 bits per heavy atom. The molecule has 0 fully saturated rings. The van der Waals surface area contributed by atoms with Crippen LogP contribution in [0, 0.1) is 0 Å². The Balaban J connectivity index is 1.97. The molecule has 0 radical (unpaired) electrons. The van der Waals surface area contributed by atoms with Crippen LogP contribution < -0.4 is 15.4 Å². The van der Waals surface area contributed by atoms with Gasteiger partial charge in [-0.3, -0.25) is 0 Å². The van der Waals surface area contributed by atoms with Crippen LogP contribution in [0.5, 0.6) is 11.5 Å². The van der Waals surface area contributed by atoms with Crippen molar-refractivity contribution in [2.45, 2.75) is 19.3 Å². The van der Waals surface area contributed by atoms with Gasteiger partial charge in [-0.05, 0) is 43.3 Å². The number of hydrogen-bond donors (Lipinski definition) is 4. The van der Waals surface area contributed by atoms with E-state index in [4.69, 9.17) is 0 Å². The first-order chi connectivity index (χ1) is 14.2. The zero-order valence-corrected chi connectivity index (χ0v) is 15.8. The zero-order chi connectivity index (χ0) is 21.7. The van der Waals surface area contributed by atoms with Crippen molar-refractivity contribution < 1.29 is 28.1 Å². The number of phenolic OH excluding ortho intramolecular Hbond substituents is 1. The summed E-state index contributed by atoms with van der Waals surface area (Å²) in [4.78, 5) is 8.66. The maximum absolute atomic E-state index is 12.5. The minimum atomic E-state index is -4.81. The lowest BCUT2D eigenvalue weighted by Crippen LogP contribution is -2.21. The molecule has 10 heteroatoms. The molecule has 1 heterocycles. The third-order valence-corrected chi connectivity index (χ3v) is 3.88. The van der Waals surface area contributed by atoms with E-state index in [2.05, 4.69) is 25.3 Å². The van der Waals surface area contributed by atoms with Crippen LogP contribution in [0.15, 0.2) is 54.6 Å². The molecule has 0 aliphatic heterocycles. The number of aromatic nitrogens is 2. The van der Waals surface area contributed by atoms with Crippen molar-refractivity contribution in [1.82, 2.24) is 9.97 Å². The second-order valence-electron chi connectivity index (χ2n) is 6.44. The summed E-state index contributed by atoms with van der Waals surface area (Å²) in [5.41, 5.74) is 1.35. The number of anilines is 3. The predicted octanol–water partition coefficient (Wildman–Crippen LogP) is 4.28. The highest BCUT2D eigenvalue weighted by Gasteiger charge is 2.31. The van der Waals surface area contributed by atoms with Crippen LogP contribution >= 0.6 is 0 Å². The van der Waals surface area contributed by atoms with Gasteiger partial charge in [0.05, 0.1) is 12.3 Å². The third kappa shape index (κ3) is 5.98. The summed E-state index contributed by atoms with van der Waals surface area (Å²) in [6, 6.07) is 12.9. The number of ether oxygens (including phenoxy) is 1. The highest BCUT2D eigenvalue weighted by molar-refractivity contribution is 5.68. The minimum absolute atomic E-state index is 0.101. The number of aliphatic hydroxyl groups is 1. The Labute approximate surface area is 170 Å². The van der Waals surface area contributed by atoms with Gasteiger partial charge in [0.25, 0.3) is 0 Å². The summed E-state index contributed by atoms with van der Waals surface area (Å²) in [6.07, 6.45) is -4.81. The van der Waals surface area contributed by atoms with Crippen molar-refractivity contribution in [3.05, 3.63) is 54.6 Å². The molecule has 0 saturated carbocycles. The Morgan fingerprint density at radius 2 is 1.80 bits per heavy atom. The summed E-state index contributed by atoms with van der Waals surface area (Å²) >= 11 is 0. The molecule has 0 amide bonds. The van der Waals surface area contributed by atoms with Gasteiger partial charge in [-0.25, -0.2) is 4.98 Å². The van der Waals surface area contributed by atoms with Crippen LogP contribution in [0.4, 0.5) is 30.6 Å². The molecule has 1 aromatic heterocycles. The maximum atomic E-state index is 12.5. The van der Waals surface area contributed by atoms with Gasteiger partial charge in [0, 0.05) is 23.4 Å². The van der Waals surface area contributed by atoms with Crippen molar-refractivity contribution in [3.63, 3.8) is 0 Å². The molecule has 0 aliphatic rings. The molecular weight excluding hydrogens is 401 g/mol. The van der Waals surface area contributed by atoms with Crippen molar-refractivity contribution in [1.29, 1.82) is 0 Å². The van der Waals surface area contributed by atoms with E-state index in [1.54, 1.807) is 31.2 Å². The average Bonchev–Trinajstić information content (AvgIpc) is 2.68. The number of alkyl halides is 3. The van der Waals surface area contributed by atoms with Gasteiger partial charge in [0.15, 0.2) is 0 Å². The average molecular weight is 420 g/mol. The Morgan fingerprint density at radius 1 is 1.07 bits per heavy atom. The number of aliphatic hydroxyl groups excluding tert-OH is 1. The van der Waals surface area contributed by atoms with Crippen LogP contribution in [0.2, 0.25) is 0 Å². The second kappa shape index (κ2) is 8.87. The first-order valence-corrected chi connectivity index (χ1v) is 8.90. The smallest absolute Gasteiger partial charge is 0.508 e. The first kappa shape index (κ1) is 21.2. The maximum Gasteiger partial charge on any atom is 0.573 e. The van der Waals surface area contributed by atoms with Gasteiger partial charge in [0.2, 0.25) is 5.95 Å². The second-order valence-corrected chi connectivity index (χ2v) is 6.44. The summed E-state index contributed by atoms with van der Waals surface area (Å²) in [6.45, 7) is 1.56. The molecule has 7 nitrogen and oxygen atoms in total. The monoisotopic (exact) mass is 420 g/mol. The lowest BCUT2D eigenvalue weighted by molar-refractivity contribution is -0.274. The van der Waals surface area contributed by atoms with Crippen LogP contribution in [-0.2, 0) is 0 Å².